The van der Waals surface area contributed by atoms with E-state index in [1.165, 1.54) is 19.3 Å². The minimum Gasteiger partial charge on any atom is -0.232 e. The van der Waals surface area contributed by atoms with Crippen LogP contribution in [0.1, 0.15) is 44.9 Å². The highest BCUT2D eigenvalue weighted by atomic mass is 127. The van der Waals surface area contributed by atoms with E-state index >= 15 is 0 Å². The Bertz CT molecular complexity index is 91.4. The van der Waals surface area contributed by atoms with Crippen LogP contribution in [0.5, 0.6) is 0 Å². The fourth-order valence-electron chi connectivity index (χ4n) is 1.42. The van der Waals surface area contributed by atoms with Gasteiger partial charge in [-0.25, -0.2) is 4.39 Å². The van der Waals surface area contributed by atoms with Crippen molar-refractivity contribution in [2.45, 2.75) is 48.6 Å². The van der Waals surface area contributed by atoms with E-state index in [0.717, 1.165) is 25.7 Å². The molecule has 0 aromatic carbocycles. The Balaban J connectivity index is 2.30. The van der Waals surface area contributed by atoms with Crippen molar-refractivity contribution in [3.63, 3.8) is 0 Å². The molecule has 0 aromatic heterocycles. The second-order valence-electron chi connectivity index (χ2n) is 3.12. The molecule has 1 aliphatic carbocycles. The van der Waals surface area contributed by atoms with Crippen LogP contribution in [0.15, 0.2) is 0 Å². The molecule has 0 aromatic rings. The first-order valence-electron chi connectivity index (χ1n) is 4.09. The van der Waals surface area contributed by atoms with Crippen molar-refractivity contribution in [3.05, 3.63) is 0 Å². The van der Waals surface area contributed by atoms with Crippen LogP contribution in [-0.4, -0.2) is 3.68 Å². The van der Waals surface area contributed by atoms with Crippen molar-refractivity contribution in [2.24, 2.45) is 0 Å². The number of rotatable bonds is 0. The van der Waals surface area contributed by atoms with Crippen LogP contribution >= 0.6 is 22.6 Å². The lowest BCUT2D eigenvalue weighted by Gasteiger charge is -2.20. The average Bonchev–Trinajstić information content (AvgIpc) is 1.81. The van der Waals surface area contributed by atoms with E-state index in [2.05, 4.69) is 0 Å². The second-order valence-corrected chi connectivity index (χ2v) is 5.06. The first kappa shape index (κ1) is 8.75. The molecule has 0 bridgehead atoms. The van der Waals surface area contributed by atoms with Crippen LogP contribution in [0, 0.1) is 0 Å². The van der Waals surface area contributed by atoms with Crippen molar-refractivity contribution >= 4 is 22.6 Å². The van der Waals surface area contributed by atoms with Gasteiger partial charge < -0.3 is 0 Å². The Hall–Kier alpha value is 0.660. The van der Waals surface area contributed by atoms with Gasteiger partial charge in [-0.1, -0.05) is 19.3 Å². The summed E-state index contributed by atoms with van der Waals surface area (Å²) in [5, 5.41) is 0. The van der Waals surface area contributed by atoms with Crippen LogP contribution in [0.3, 0.4) is 0 Å². The molecule has 1 rings (SSSR count). The SMILES string of the molecule is FC1(I)CCCCCCC1. The molecule has 0 N–H and O–H groups in total. The molecule has 0 heterocycles. The average molecular weight is 256 g/mol. The van der Waals surface area contributed by atoms with E-state index in [4.69, 9.17) is 0 Å². The summed E-state index contributed by atoms with van der Waals surface area (Å²) in [5.41, 5.74) is 0. The van der Waals surface area contributed by atoms with Gasteiger partial charge in [-0.05, 0) is 48.3 Å². The maximum Gasteiger partial charge on any atom is 0.161 e. The largest absolute Gasteiger partial charge is 0.232 e. The molecule has 0 saturated heterocycles. The zero-order chi connectivity index (χ0) is 7.45. The molecule has 0 radical (unpaired) electrons. The summed E-state index contributed by atoms with van der Waals surface area (Å²) >= 11 is 1.97. The fourth-order valence-corrected chi connectivity index (χ4v) is 2.19. The lowest BCUT2D eigenvalue weighted by molar-refractivity contribution is 0.248. The zero-order valence-electron chi connectivity index (χ0n) is 6.21. The van der Waals surface area contributed by atoms with E-state index < -0.39 is 3.68 Å². The molecular formula is C8H14FI. The molecule has 2 heteroatoms. The van der Waals surface area contributed by atoms with Crippen molar-refractivity contribution in [2.75, 3.05) is 0 Å². The maximum absolute atomic E-state index is 13.3. The quantitative estimate of drug-likeness (QED) is 0.456. The fraction of sp³-hybridized carbons (Fsp3) is 1.00. The standard InChI is InChI=1S/C8H14FI/c9-8(10)6-4-2-1-3-5-7-8/h1-7H2. The number of alkyl halides is 2. The molecule has 0 amide bonds. The zero-order valence-corrected chi connectivity index (χ0v) is 8.36. The second kappa shape index (κ2) is 3.88. The van der Waals surface area contributed by atoms with E-state index in [1.807, 2.05) is 22.6 Å². The van der Waals surface area contributed by atoms with Gasteiger partial charge in [0.2, 0.25) is 0 Å². The summed E-state index contributed by atoms with van der Waals surface area (Å²) in [7, 11) is 0. The van der Waals surface area contributed by atoms with E-state index in [0.29, 0.717) is 0 Å². The Kier molecular flexibility index (Phi) is 3.40. The van der Waals surface area contributed by atoms with E-state index in [-0.39, 0.29) is 0 Å². The maximum atomic E-state index is 13.3. The molecule has 60 valence electrons. The number of hydrogen-bond donors (Lipinski definition) is 0. The van der Waals surface area contributed by atoms with Crippen LogP contribution in [0.2, 0.25) is 0 Å². The molecule has 0 unspecified atom stereocenters. The third-order valence-electron chi connectivity index (χ3n) is 2.09. The summed E-state index contributed by atoms with van der Waals surface area (Å²) in [6, 6.07) is 0. The minimum atomic E-state index is -0.877. The minimum absolute atomic E-state index is 0.771. The predicted octanol–water partition coefficient (Wildman–Crippen LogP) is 3.83. The Morgan fingerprint density at radius 2 is 1.30 bits per heavy atom. The molecule has 0 nitrogen and oxygen atoms in total. The topological polar surface area (TPSA) is 0 Å². The monoisotopic (exact) mass is 256 g/mol. The summed E-state index contributed by atoms with van der Waals surface area (Å²) in [4.78, 5) is 0. The lowest BCUT2D eigenvalue weighted by atomic mass is 10.00. The van der Waals surface area contributed by atoms with Crippen LogP contribution < -0.4 is 0 Å². The third-order valence-corrected chi connectivity index (χ3v) is 3.16. The number of halogens is 2. The van der Waals surface area contributed by atoms with Crippen LogP contribution in [-0.2, 0) is 0 Å². The molecule has 10 heavy (non-hydrogen) atoms. The van der Waals surface area contributed by atoms with Crippen LogP contribution in [0.25, 0.3) is 0 Å². The molecule has 0 spiro atoms. The highest BCUT2D eigenvalue weighted by Crippen LogP contribution is 2.35. The Morgan fingerprint density at radius 3 is 1.80 bits per heavy atom. The van der Waals surface area contributed by atoms with Crippen molar-refractivity contribution in [3.8, 4) is 0 Å². The van der Waals surface area contributed by atoms with Gasteiger partial charge in [-0.2, -0.15) is 0 Å². The predicted molar refractivity (Wildman–Crippen MR) is 50.2 cm³/mol. The lowest BCUT2D eigenvalue weighted by Crippen LogP contribution is -2.14. The van der Waals surface area contributed by atoms with Crippen molar-refractivity contribution in [1.82, 2.24) is 0 Å². The molecule has 1 aliphatic rings. The van der Waals surface area contributed by atoms with Gasteiger partial charge in [-0.15, -0.1) is 0 Å². The van der Waals surface area contributed by atoms with Crippen molar-refractivity contribution < 1.29 is 4.39 Å². The first-order valence-corrected chi connectivity index (χ1v) is 5.16. The van der Waals surface area contributed by atoms with Gasteiger partial charge in [0.1, 0.15) is 0 Å². The van der Waals surface area contributed by atoms with Gasteiger partial charge in [0, 0.05) is 0 Å². The smallest absolute Gasteiger partial charge is 0.161 e. The normalized spacial score (nSPS) is 27.0. The summed E-state index contributed by atoms with van der Waals surface area (Å²) in [6.45, 7) is 0. The highest BCUT2D eigenvalue weighted by Gasteiger charge is 2.24. The van der Waals surface area contributed by atoms with Gasteiger partial charge in [0.15, 0.2) is 3.68 Å². The first-order chi connectivity index (χ1) is 4.71. The van der Waals surface area contributed by atoms with Gasteiger partial charge in [0.25, 0.3) is 0 Å². The summed E-state index contributed by atoms with van der Waals surface area (Å²) in [5.74, 6) is 0. The van der Waals surface area contributed by atoms with Crippen molar-refractivity contribution in [1.29, 1.82) is 0 Å². The van der Waals surface area contributed by atoms with Gasteiger partial charge in [-0.3, -0.25) is 0 Å². The summed E-state index contributed by atoms with van der Waals surface area (Å²) < 4.78 is 12.4. The van der Waals surface area contributed by atoms with Gasteiger partial charge in [0.05, 0.1) is 0 Å². The van der Waals surface area contributed by atoms with E-state index in [9.17, 15) is 4.39 Å². The molecule has 0 aliphatic heterocycles. The summed E-state index contributed by atoms with van der Waals surface area (Å²) in [6.07, 6.45) is 7.48. The molecule has 1 fully saturated rings. The molecule has 0 atom stereocenters. The third kappa shape index (κ3) is 3.17. The molecule has 1 saturated carbocycles. The molecular weight excluding hydrogens is 242 g/mol. The van der Waals surface area contributed by atoms with Gasteiger partial charge >= 0.3 is 0 Å². The Labute approximate surface area is 75.7 Å². The highest BCUT2D eigenvalue weighted by molar-refractivity contribution is 14.1. The Morgan fingerprint density at radius 1 is 0.900 bits per heavy atom. The van der Waals surface area contributed by atoms with Crippen LogP contribution in [0.4, 0.5) is 4.39 Å². The number of hydrogen-bond acceptors (Lipinski definition) is 0. The van der Waals surface area contributed by atoms with E-state index in [1.54, 1.807) is 0 Å².